The van der Waals surface area contributed by atoms with E-state index in [9.17, 15) is 4.39 Å². The smallest absolute Gasteiger partial charge is 0.115 e. The number of alkyl halides is 1. The summed E-state index contributed by atoms with van der Waals surface area (Å²) in [6.07, 6.45) is 0. The van der Waals surface area contributed by atoms with Gasteiger partial charge in [0, 0.05) is 13.1 Å². The van der Waals surface area contributed by atoms with Gasteiger partial charge in [0.1, 0.15) is 6.67 Å². The Kier molecular flexibility index (Phi) is 4.56. The van der Waals surface area contributed by atoms with E-state index in [2.05, 4.69) is 0 Å². The molecule has 2 nitrogen and oxygen atoms in total. The van der Waals surface area contributed by atoms with E-state index in [1.165, 1.54) is 0 Å². The summed E-state index contributed by atoms with van der Waals surface area (Å²) in [4.78, 5) is 2.02. The number of benzene rings is 1. The van der Waals surface area contributed by atoms with Crippen LogP contribution in [0.15, 0.2) is 24.3 Å². The second-order valence-electron chi connectivity index (χ2n) is 3.41. The highest BCUT2D eigenvalue weighted by Crippen LogP contribution is 2.07. The van der Waals surface area contributed by atoms with E-state index in [1.807, 2.05) is 24.1 Å². The Balaban J connectivity index is 2.50. The first-order valence-electron chi connectivity index (χ1n) is 4.69. The number of rotatable bonds is 5. The van der Waals surface area contributed by atoms with Gasteiger partial charge in [-0.3, -0.25) is 4.90 Å². The van der Waals surface area contributed by atoms with Crippen molar-refractivity contribution in [1.29, 1.82) is 0 Å². The minimum Gasteiger partial charge on any atom is -0.395 e. The second-order valence-corrected chi connectivity index (χ2v) is 3.41. The van der Waals surface area contributed by atoms with Crippen LogP contribution in [0.3, 0.4) is 0 Å². The molecule has 0 aliphatic carbocycles. The number of likely N-dealkylation sites (N-methyl/N-ethyl adjacent to an activating group) is 1. The van der Waals surface area contributed by atoms with Crippen molar-refractivity contribution in [1.82, 2.24) is 4.90 Å². The van der Waals surface area contributed by atoms with Crippen molar-refractivity contribution < 1.29 is 9.50 Å². The van der Waals surface area contributed by atoms with E-state index >= 15 is 0 Å². The van der Waals surface area contributed by atoms with Crippen LogP contribution in [0.5, 0.6) is 0 Å². The normalized spacial score (nSPS) is 10.9. The van der Waals surface area contributed by atoms with Crippen molar-refractivity contribution in [2.24, 2.45) is 0 Å². The van der Waals surface area contributed by atoms with Crippen molar-refractivity contribution >= 4 is 0 Å². The van der Waals surface area contributed by atoms with E-state index in [4.69, 9.17) is 5.11 Å². The summed E-state index contributed by atoms with van der Waals surface area (Å²) in [5, 5.41) is 8.71. The summed E-state index contributed by atoms with van der Waals surface area (Å²) < 4.78 is 12.2. The number of aliphatic hydroxyl groups excluding tert-OH is 1. The maximum Gasteiger partial charge on any atom is 0.115 e. The number of hydrogen-bond donors (Lipinski definition) is 1. The Morgan fingerprint density at radius 1 is 1.21 bits per heavy atom. The molecule has 0 unspecified atom stereocenters. The van der Waals surface area contributed by atoms with Gasteiger partial charge in [0.05, 0.1) is 6.61 Å². The van der Waals surface area contributed by atoms with Crippen LogP contribution in [0.4, 0.5) is 4.39 Å². The summed E-state index contributed by atoms with van der Waals surface area (Å²) in [6.45, 7) is 1.20. The second kappa shape index (κ2) is 5.73. The summed E-state index contributed by atoms with van der Waals surface area (Å²) in [7, 11) is 1.94. The van der Waals surface area contributed by atoms with E-state index in [0.717, 1.165) is 12.1 Å². The molecule has 0 amide bonds. The standard InChI is InChI=1S/C11H16FNO/c1-13(6-7-14)9-11-4-2-10(8-12)3-5-11/h2-5,14H,6-9H2,1H3. The fourth-order valence-electron chi connectivity index (χ4n) is 1.30. The fraction of sp³-hybridized carbons (Fsp3) is 0.455. The van der Waals surface area contributed by atoms with E-state index < -0.39 is 6.67 Å². The Morgan fingerprint density at radius 2 is 1.79 bits per heavy atom. The van der Waals surface area contributed by atoms with Crippen LogP contribution in [-0.2, 0) is 13.2 Å². The van der Waals surface area contributed by atoms with Crippen LogP contribution in [0, 0.1) is 0 Å². The molecule has 0 saturated carbocycles. The van der Waals surface area contributed by atoms with Gasteiger partial charge in [-0.1, -0.05) is 24.3 Å². The van der Waals surface area contributed by atoms with Crippen molar-refractivity contribution in [2.45, 2.75) is 13.2 Å². The SMILES string of the molecule is CN(CCO)Cc1ccc(CF)cc1. The van der Waals surface area contributed by atoms with Gasteiger partial charge in [0.25, 0.3) is 0 Å². The van der Waals surface area contributed by atoms with Crippen LogP contribution in [0.2, 0.25) is 0 Å². The van der Waals surface area contributed by atoms with Gasteiger partial charge < -0.3 is 5.11 Å². The average Bonchev–Trinajstić information content (AvgIpc) is 2.19. The molecular formula is C11H16FNO. The zero-order valence-electron chi connectivity index (χ0n) is 8.41. The minimum atomic E-state index is -0.410. The lowest BCUT2D eigenvalue weighted by molar-refractivity contribution is 0.217. The molecule has 0 saturated heterocycles. The molecule has 14 heavy (non-hydrogen) atoms. The number of aliphatic hydroxyl groups is 1. The Hall–Kier alpha value is -0.930. The van der Waals surface area contributed by atoms with Gasteiger partial charge in [-0.15, -0.1) is 0 Å². The Bertz CT molecular complexity index is 260. The molecule has 0 radical (unpaired) electrons. The zero-order chi connectivity index (χ0) is 10.4. The molecular weight excluding hydrogens is 181 g/mol. The molecule has 1 aromatic carbocycles. The zero-order valence-corrected chi connectivity index (χ0v) is 8.41. The molecule has 1 N–H and O–H groups in total. The third-order valence-electron chi connectivity index (χ3n) is 2.11. The van der Waals surface area contributed by atoms with Crippen LogP contribution < -0.4 is 0 Å². The van der Waals surface area contributed by atoms with Gasteiger partial charge in [0.15, 0.2) is 0 Å². The summed E-state index contributed by atoms with van der Waals surface area (Å²) in [5.41, 5.74) is 1.84. The number of nitrogens with zero attached hydrogens (tertiary/aromatic N) is 1. The first kappa shape index (κ1) is 11.1. The topological polar surface area (TPSA) is 23.5 Å². The van der Waals surface area contributed by atoms with Crippen molar-refractivity contribution in [3.8, 4) is 0 Å². The predicted octanol–water partition coefficient (Wildman–Crippen LogP) is 1.58. The lowest BCUT2D eigenvalue weighted by atomic mass is 10.1. The van der Waals surface area contributed by atoms with Crippen LogP contribution in [0.1, 0.15) is 11.1 Å². The maximum absolute atomic E-state index is 12.2. The third kappa shape index (κ3) is 3.44. The monoisotopic (exact) mass is 197 g/mol. The quantitative estimate of drug-likeness (QED) is 0.774. The summed E-state index contributed by atoms with van der Waals surface area (Å²) >= 11 is 0. The van der Waals surface area contributed by atoms with Crippen LogP contribution in [0.25, 0.3) is 0 Å². The highest BCUT2D eigenvalue weighted by Gasteiger charge is 1.99. The van der Waals surface area contributed by atoms with Gasteiger partial charge in [-0.2, -0.15) is 0 Å². The minimum absolute atomic E-state index is 0.166. The highest BCUT2D eigenvalue weighted by atomic mass is 19.1. The van der Waals surface area contributed by atoms with Crippen molar-refractivity contribution in [3.63, 3.8) is 0 Å². The summed E-state index contributed by atoms with van der Waals surface area (Å²) in [6, 6.07) is 7.43. The Morgan fingerprint density at radius 3 is 2.29 bits per heavy atom. The van der Waals surface area contributed by atoms with E-state index in [0.29, 0.717) is 12.1 Å². The Labute approximate surface area is 84.0 Å². The molecule has 0 atom stereocenters. The first-order valence-corrected chi connectivity index (χ1v) is 4.69. The molecule has 1 aromatic rings. The number of hydrogen-bond acceptors (Lipinski definition) is 2. The van der Waals surface area contributed by atoms with Gasteiger partial charge in [-0.25, -0.2) is 4.39 Å². The van der Waals surface area contributed by atoms with Crippen molar-refractivity contribution in [3.05, 3.63) is 35.4 Å². The van der Waals surface area contributed by atoms with Crippen molar-refractivity contribution in [2.75, 3.05) is 20.2 Å². The lowest BCUT2D eigenvalue weighted by Crippen LogP contribution is -2.21. The highest BCUT2D eigenvalue weighted by molar-refractivity contribution is 5.21. The summed E-state index contributed by atoms with van der Waals surface area (Å²) in [5.74, 6) is 0. The molecule has 0 fully saturated rings. The first-order chi connectivity index (χ1) is 6.76. The van der Waals surface area contributed by atoms with E-state index in [1.54, 1.807) is 12.1 Å². The van der Waals surface area contributed by atoms with Crippen LogP contribution in [-0.4, -0.2) is 30.2 Å². The van der Waals surface area contributed by atoms with Gasteiger partial charge in [0.2, 0.25) is 0 Å². The molecule has 0 aliphatic rings. The third-order valence-corrected chi connectivity index (χ3v) is 2.11. The maximum atomic E-state index is 12.2. The molecule has 0 aromatic heterocycles. The molecule has 78 valence electrons. The number of halogens is 1. The van der Waals surface area contributed by atoms with Crippen LogP contribution >= 0.6 is 0 Å². The molecule has 0 heterocycles. The molecule has 3 heteroatoms. The lowest BCUT2D eigenvalue weighted by Gasteiger charge is -2.14. The molecule has 1 rings (SSSR count). The fourth-order valence-corrected chi connectivity index (χ4v) is 1.30. The largest absolute Gasteiger partial charge is 0.395 e. The van der Waals surface area contributed by atoms with E-state index in [-0.39, 0.29) is 6.61 Å². The molecule has 0 aliphatic heterocycles. The van der Waals surface area contributed by atoms with Gasteiger partial charge in [-0.05, 0) is 18.2 Å². The molecule has 0 bridgehead atoms. The average molecular weight is 197 g/mol. The predicted molar refractivity (Wildman–Crippen MR) is 54.7 cm³/mol. The molecule has 0 spiro atoms. The van der Waals surface area contributed by atoms with Gasteiger partial charge >= 0.3 is 0 Å².